The fourth-order valence-corrected chi connectivity index (χ4v) is 3.81. The first-order chi connectivity index (χ1) is 14.5. The number of rotatable bonds is 5. The molecule has 3 aromatic rings. The summed E-state index contributed by atoms with van der Waals surface area (Å²) in [5.41, 5.74) is 4.39. The normalized spacial score (nSPS) is 14.1. The van der Waals surface area contributed by atoms with Gasteiger partial charge in [-0.25, -0.2) is 4.98 Å². The molecule has 1 N–H and O–H groups in total. The number of hydrogen-bond donors (Lipinski definition) is 1. The molecule has 0 unspecified atom stereocenters. The van der Waals surface area contributed by atoms with Gasteiger partial charge in [-0.3, -0.25) is 9.59 Å². The quantitative estimate of drug-likeness (QED) is 0.706. The van der Waals surface area contributed by atoms with E-state index < -0.39 is 0 Å². The standard InChI is InChI=1S/C23H26N4O3/c1-16-7-8-18(17(2)13-16)23(29)24-14-21-25-19-5-3-4-6-20(19)27(21)15-22(28)26-9-11-30-12-10-26/h3-8,13H,9-12,14-15H2,1-2H3,(H,24,29). The summed E-state index contributed by atoms with van der Waals surface area (Å²) >= 11 is 0. The van der Waals surface area contributed by atoms with Gasteiger partial charge in [0.1, 0.15) is 12.4 Å². The molecule has 1 aliphatic heterocycles. The second-order valence-corrected chi connectivity index (χ2v) is 7.60. The molecule has 0 saturated carbocycles. The van der Waals surface area contributed by atoms with E-state index in [1.807, 2.05) is 65.8 Å². The van der Waals surface area contributed by atoms with Crippen molar-refractivity contribution in [1.82, 2.24) is 19.8 Å². The molecule has 0 radical (unpaired) electrons. The third-order valence-electron chi connectivity index (χ3n) is 5.42. The van der Waals surface area contributed by atoms with Crippen LogP contribution in [-0.4, -0.2) is 52.6 Å². The number of nitrogens with one attached hydrogen (secondary N) is 1. The zero-order chi connectivity index (χ0) is 21.1. The zero-order valence-corrected chi connectivity index (χ0v) is 17.4. The summed E-state index contributed by atoms with van der Waals surface area (Å²) in [6, 6.07) is 13.5. The molecule has 2 heterocycles. The first-order valence-electron chi connectivity index (χ1n) is 10.2. The Morgan fingerprint density at radius 3 is 2.63 bits per heavy atom. The zero-order valence-electron chi connectivity index (χ0n) is 17.4. The topological polar surface area (TPSA) is 76.5 Å². The second-order valence-electron chi connectivity index (χ2n) is 7.60. The van der Waals surface area contributed by atoms with E-state index >= 15 is 0 Å². The Bertz CT molecular complexity index is 1080. The van der Waals surface area contributed by atoms with E-state index in [0.717, 1.165) is 22.2 Å². The number of benzene rings is 2. The minimum Gasteiger partial charge on any atom is -0.378 e. The van der Waals surface area contributed by atoms with Crippen LogP contribution in [0.3, 0.4) is 0 Å². The lowest BCUT2D eigenvalue weighted by Crippen LogP contribution is -2.42. The Morgan fingerprint density at radius 1 is 1.10 bits per heavy atom. The first-order valence-corrected chi connectivity index (χ1v) is 10.2. The smallest absolute Gasteiger partial charge is 0.251 e. The number of aromatic nitrogens is 2. The molecular formula is C23H26N4O3. The Balaban J connectivity index is 1.55. The molecule has 2 aromatic carbocycles. The number of para-hydroxylation sites is 2. The number of morpholine rings is 1. The average molecular weight is 406 g/mol. The van der Waals surface area contributed by atoms with Crippen molar-refractivity contribution >= 4 is 22.8 Å². The van der Waals surface area contributed by atoms with E-state index in [-0.39, 0.29) is 24.9 Å². The first kappa shape index (κ1) is 20.1. The van der Waals surface area contributed by atoms with Crippen molar-refractivity contribution in [3.05, 3.63) is 65.0 Å². The minimum atomic E-state index is -0.148. The van der Waals surface area contributed by atoms with Crippen LogP contribution in [0.5, 0.6) is 0 Å². The summed E-state index contributed by atoms with van der Waals surface area (Å²) in [5.74, 6) is 0.546. The molecule has 1 aromatic heterocycles. The van der Waals surface area contributed by atoms with Gasteiger partial charge < -0.3 is 19.5 Å². The SMILES string of the molecule is Cc1ccc(C(=O)NCc2nc3ccccc3n2CC(=O)N2CCOCC2)c(C)c1. The lowest BCUT2D eigenvalue weighted by atomic mass is 10.1. The van der Waals surface area contributed by atoms with Gasteiger partial charge in [-0.05, 0) is 37.6 Å². The third-order valence-corrected chi connectivity index (χ3v) is 5.42. The molecular weight excluding hydrogens is 380 g/mol. The van der Waals surface area contributed by atoms with Gasteiger partial charge in [0.2, 0.25) is 5.91 Å². The number of carbonyl (C=O) groups excluding carboxylic acids is 2. The molecule has 1 saturated heterocycles. The van der Waals surface area contributed by atoms with Gasteiger partial charge in [0.25, 0.3) is 5.91 Å². The fourth-order valence-electron chi connectivity index (χ4n) is 3.81. The largest absolute Gasteiger partial charge is 0.378 e. The number of imidazole rings is 1. The van der Waals surface area contributed by atoms with E-state index in [2.05, 4.69) is 10.3 Å². The monoisotopic (exact) mass is 406 g/mol. The van der Waals surface area contributed by atoms with Crippen molar-refractivity contribution in [2.45, 2.75) is 26.9 Å². The van der Waals surface area contributed by atoms with Gasteiger partial charge in [0.05, 0.1) is 30.8 Å². The highest BCUT2D eigenvalue weighted by molar-refractivity contribution is 5.95. The van der Waals surface area contributed by atoms with E-state index in [1.165, 1.54) is 0 Å². The maximum atomic E-state index is 12.8. The van der Waals surface area contributed by atoms with Crippen LogP contribution in [0.25, 0.3) is 11.0 Å². The molecule has 1 aliphatic rings. The van der Waals surface area contributed by atoms with Crippen LogP contribution in [0.1, 0.15) is 27.3 Å². The van der Waals surface area contributed by atoms with Crippen LogP contribution in [-0.2, 0) is 22.6 Å². The van der Waals surface area contributed by atoms with Gasteiger partial charge in [-0.15, -0.1) is 0 Å². The maximum absolute atomic E-state index is 12.8. The van der Waals surface area contributed by atoms with Crippen molar-refractivity contribution in [2.24, 2.45) is 0 Å². The second kappa shape index (κ2) is 8.67. The molecule has 0 bridgehead atoms. The Labute approximate surface area is 175 Å². The van der Waals surface area contributed by atoms with Gasteiger partial charge >= 0.3 is 0 Å². The van der Waals surface area contributed by atoms with Gasteiger partial charge in [-0.2, -0.15) is 0 Å². The van der Waals surface area contributed by atoms with E-state index in [0.29, 0.717) is 37.7 Å². The number of nitrogens with zero attached hydrogens (tertiary/aromatic N) is 3. The predicted molar refractivity (Wildman–Crippen MR) is 114 cm³/mol. The molecule has 7 heteroatoms. The lowest BCUT2D eigenvalue weighted by Gasteiger charge is -2.27. The molecule has 0 atom stereocenters. The van der Waals surface area contributed by atoms with Crippen molar-refractivity contribution in [2.75, 3.05) is 26.3 Å². The number of carbonyl (C=O) groups is 2. The third kappa shape index (κ3) is 4.21. The fraction of sp³-hybridized carbons (Fsp3) is 0.348. The Kier molecular flexibility index (Phi) is 5.81. The van der Waals surface area contributed by atoms with E-state index in [4.69, 9.17) is 4.74 Å². The van der Waals surface area contributed by atoms with Crippen molar-refractivity contribution in [3.8, 4) is 0 Å². The summed E-state index contributed by atoms with van der Waals surface area (Å²) < 4.78 is 7.24. The van der Waals surface area contributed by atoms with Crippen LogP contribution in [0, 0.1) is 13.8 Å². The van der Waals surface area contributed by atoms with E-state index in [1.54, 1.807) is 0 Å². The highest BCUT2D eigenvalue weighted by atomic mass is 16.5. The minimum absolute atomic E-state index is 0.0309. The van der Waals surface area contributed by atoms with Crippen LogP contribution in [0.15, 0.2) is 42.5 Å². The molecule has 4 rings (SSSR count). The predicted octanol–water partition coefficient (Wildman–Crippen LogP) is 2.44. The number of ether oxygens (including phenoxy) is 1. The van der Waals surface area contributed by atoms with Crippen LogP contribution >= 0.6 is 0 Å². The Morgan fingerprint density at radius 2 is 1.87 bits per heavy atom. The average Bonchev–Trinajstić information content (AvgIpc) is 3.10. The summed E-state index contributed by atoms with van der Waals surface area (Å²) in [7, 11) is 0. The Hall–Kier alpha value is -3.19. The van der Waals surface area contributed by atoms with Crippen molar-refractivity contribution in [3.63, 3.8) is 0 Å². The van der Waals surface area contributed by atoms with Crippen molar-refractivity contribution in [1.29, 1.82) is 0 Å². The van der Waals surface area contributed by atoms with Crippen molar-refractivity contribution < 1.29 is 14.3 Å². The number of aryl methyl sites for hydroxylation is 2. The summed E-state index contributed by atoms with van der Waals surface area (Å²) in [6.45, 7) is 6.70. The van der Waals surface area contributed by atoms with Crippen LogP contribution in [0.2, 0.25) is 0 Å². The number of amides is 2. The van der Waals surface area contributed by atoms with E-state index in [9.17, 15) is 9.59 Å². The molecule has 1 fully saturated rings. The van der Waals surface area contributed by atoms with Crippen LogP contribution in [0.4, 0.5) is 0 Å². The maximum Gasteiger partial charge on any atom is 0.251 e. The highest BCUT2D eigenvalue weighted by Gasteiger charge is 2.20. The molecule has 30 heavy (non-hydrogen) atoms. The summed E-state index contributed by atoms with van der Waals surface area (Å²) in [5, 5.41) is 2.96. The number of fused-ring (bicyclic) bond motifs is 1. The molecule has 0 spiro atoms. The summed E-state index contributed by atoms with van der Waals surface area (Å²) in [4.78, 5) is 32.0. The summed E-state index contributed by atoms with van der Waals surface area (Å²) in [6.07, 6.45) is 0. The van der Waals surface area contributed by atoms with Gasteiger partial charge in [0, 0.05) is 18.7 Å². The van der Waals surface area contributed by atoms with Gasteiger partial charge in [0.15, 0.2) is 0 Å². The van der Waals surface area contributed by atoms with Gasteiger partial charge in [-0.1, -0.05) is 29.8 Å². The molecule has 0 aliphatic carbocycles. The molecule has 7 nitrogen and oxygen atoms in total. The molecule has 156 valence electrons. The highest BCUT2D eigenvalue weighted by Crippen LogP contribution is 2.17. The molecule has 2 amide bonds. The lowest BCUT2D eigenvalue weighted by molar-refractivity contribution is -0.135. The van der Waals surface area contributed by atoms with Crippen LogP contribution < -0.4 is 5.32 Å². The number of hydrogen-bond acceptors (Lipinski definition) is 4.